The SMILES string of the molecule is CCCS(=O)(=O)N1CCC(Nc2cccc(OC)c2)(C(=O)NC)CC1. The number of ether oxygens (including phenoxy) is 1. The molecular formula is C17H27N3O4S. The molecule has 1 saturated heterocycles. The van der Waals surface area contributed by atoms with Gasteiger partial charge in [-0.1, -0.05) is 13.0 Å². The van der Waals surface area contributed by atoms with Gasteiger partial charge in [-0.25, -0.2) is 12.7 Å². The number of hydrogen-bond donors (Lipinski definition) is 2. The number of likely N-dealkylation sites (N-methyl/N-ethyl adjacent to an activating group) is 1. The Hall–Kier alpha value is -1.80. The molecule has 1 aliphatic rings. The molecule has 1 aromatic rings. The fourth-order valence-corrected chi connectivity index (χ4v) is 4.67. The molecule has 1 amide bonds. The molecule has 0 atom stereocenters. The first-order valence-electron chi connectivity index (χ1n) is 8.49. The second-order valence-electron chi connectivity index (χ2n) is 6.23. The van der Waals surface area contributed by atoms with Crippen LogP contribution in [0.2, 0.25) is 0 Å². The molecule has 1 aromatic carbocycles. The van der Waals surface area contributed by atoms with Crippen molar-refractivity contribution >= 4 is 21.6 Å². The van der Waals surface area contributed by atoms with Crippen molar-refractivity contribution in [1.82, 2.24) is 9.62 Å². The number of sulfonamides is 1. The predicted octanol–water partition coefficient (Wildman–Crippen LogP) is 1.43. The van der Waals surface area contributed by atoms with E-state index < -0.39 is 15.6 Å². The van der Waals surface area contributed by atoms with Gasteiger partial charge in [-0.05, 0) is 31.4 Å². The van der Waals surface area contributed by atoms with E-state index in [4.69, 9.17) is 4.74 Å². The minimum Gasteiger partial charge on any atom is -0.497 e. The first-order chi connectivity index (χ1) is 11.9. The Labute approximate surface area is 149 Å². The van der Waals surface area contributed by atoms with Gasteiger partial charge in [0.05, 0.1) is 12.9 Å². The van der Waals surface area contributed by atoms with Crippen molar-refractivity contribution in [2.24, 2.45) is 0 Å². The Morgan fingerprint density at radius 1 is 1.32 bits per heavy atom. The lowest BCUT2D eigenvalue weighted by Crippen LogP contribution is -2.58. The molecule has 0 aromatic heterocycles. The van der Waals surface area contributed by atoms with Crippen LogP contribution < -0.4 is 15.4 Å². The molecule has 0 saturated carbocycles. The number of piperidine rings is 1. The highest BCUT2D eigenvalue weighted by Gasteiger charge is 2.43. The zero-order valence-corrected chi connectivity index (χ0v) is 15.9. The van der Waals surface area contributed by atoms with E-state index in [9.17, 15) is 13.2 Å². The van der Waals surface area contributed by atoms with Crippen molar-refractivity contribution < 1.29 is 17.9 Å². The molecule has 25 heavy (non-hydrogen) atoms. The molecule has 1 fully saturated rings. The summed E-state index contributed by atoms with van der Waals surface area (Å²) in [6.45, 7) is 2.50. The van der Waals surface area contributed by atoms with E-state index in [0.717, 1.165) is 5.69 Å². The molecule has 140 valence electrons. The van der Waals surface area contributed by atoms with Crippen LogP contribution in [0.1, 0.15) is 26.2 Å². The van der Waals surface area contributed by atoms with Crippen LogP contribution in [0.25, 0.3) is 0 Å². The monoisotopic (exact) mass is 369 g/mol. The van der Waals surface area contributed by atoms with Crippen molar-refractivity contribution in [3.8, 4) is 5.75 Å². The standard InChI is InChI=1S/C17H27N3O4S/c1-4-12-25(22,23)20-10-8-17(9-11-20,16(21)18-2)19-14-6-5-7-15(13-14)24-3/h5-7,13,19H,4,8-12H2,1-3H3,(H,18,21). The zero-order chi connectivity index (χ0) is 18.5. The molecule has 0 bridgehead atoms. The van der Waals surface area contributed by atoms with Crippen LogP contribution in [0.15, 0.2) is 24.3 Å². The van der Waals surface area contributed by atoms with E-state index in [1.807, 2.05) is 31.2 Å². The molecule has 0 aliphatic carbocycles. The normalized spacial score (nSPS) is 17.7. The lowest BCUT2D eigenvalue weighted by molar-refractivity contribution is -0.126. The van der Waals surface area contributed by atoms with Gasteiger partial charge < -0.3 is 15.4 Å². The molecule has 8 heteroatoms. The number of anilines is 1. The van der Waals surface area contributed by atoms with Crippen LogP contribution in [0, 0.1) is 0 Å². The number of nitrogens with zero attached hydrogens (tertiary/aromatic N) is 1. The van der Waals surface area contributed by atoms with E-state index in [2.05, 4.69) is 10.6 Å². The molecule has 0 spiro atoms. The Kier molecular flexibility index (Phi) is 6.29. The second-order valence-corrected chi connectivity index (χ2v) is 8.32. The lowest BCUT2D eigenvalue weighted by Gasteiger charge is -2.41. The van der Waals surface area contributed by atoms with E-state index in [1.54, 1.807) is 14.2 Å². The number of benzene rings is 1. The van der Waals surface area contributed by atoms with Gasteiger partial charge in [0.1, 0.15) is 11.3 Å². The highest BCUT2D eigenvalue weighted by molar-refractivity contribution is 7.89. The van der Waals surface area contributed by atoms with Crippen LogP contribution in [0.3, 0.4) is 0 Å². The Morgan fingerprint density at radius 3 is 2.56 bits per heavy atom. The van der Waals surface area contributed by atoms with Crippen LogP contribution in [0.5, 0.6) is 5.75 Å². The fraction of sp³-hybridized carbons (Fsp3) is 0.588. The van der Waals surface area contributed by atoms with Crippen molar-refractivity contribution in [1.29, 1.82) is 0 Å². The molecule has 1 heterocycles. The average molecular weight is 369 g/mol. The quantitative estimate of drug-likeness (QED) is 0.759. The number of methoxy groups -OCH3 is 1. The third-order valence-electron chi connectivity index (χ3n) is 4.55. The summed E-state index contributed by atoms with van der Waals surface area (Å²) in [4.78, 5) is 12.6. The maximum absolute atomic E-state index is 12.6. The highest BCUT2D eigenvalue weighted by Crippen LogP contribution is 2.30. The molecule has 2 N–H and O–H groups in total. The van der Waals surface area contributed by atoms with Crippen molar-refractivity contribution in [3.05, 3.63) is 24.3 Å². The molecule has 7 nitrogen and oxygen atoms in total. The summed E-state index contributed by atoms with van der Waals surface area (Å²) in [5.41, 5.74) is -0.0629. The smallest absolute Gasteiger partial charge is 0.245 e. The number of amides is 1. The number of hydrogen-bond acceptors (Lipinski definition) is 5. The Balaban J connectivity index is 2.19. The second kappa shape index (κ2) is 8.05. The highest BCUT2D eigenvalue weighted by atomic mass is 32.2. The van der Waals surface area contributed by atoms with Gasteiger partial charge >= 0.3 is 0 Å². The molecule has 0 radical (unpaired) electrons. The van der Waals surface area contributed by atoms with Gasteiger partial charge in [0.15, 0.2) is 0 Å². The summed E-state index contributed by atoms with van der Waals surface area (Å²) in [7, 11) is -0.0629. The maximum atomic E-state index is 12.6. The van der Waals surface area contributed by atoms with Crippen molar-refractivity contribution in [3.63, 3.8) is 0 Å². The van der Waals surface area contributed by atoms with E-state index in [1.165, 1.54) is 4.31 Å². The van der Waals surface area contributed by atoms with Gasteiger partial charge in [-0.3, -0.25) is 4.79 Å². The maximum Gasteiger partial charge on any atom is 0.245 e. The third kappa shape index (κ3) is 4.43. The fourth-order valence-electron chi connectivity index (χ4n) is 3.16. The van der Waals surface area contributed by atoms with Gasteiger partial charge in [-0.2, -0.15) is 0 Å². The minimum atomic E-state index is -3.25. The lowest BCUT2D eigenvalue weighted by atomic mass is 9.87. The molecule has 1 aliphatic heterocycles. The van der Waals surface area contributed by atoms with Gasteiger partial charge in [0.25, 0.3) is 0 Å². The average Bonchev–Trinajstić information content (AvgIpc) is 2.61. The largest absolute Gasteiger partial charge is 0.497 e. The van der Waals surface area contributed by atoms with Crippen LogP contribution in [0.4, 0.5) is 5.69 Å². The number of carbonyl (C=O) groups excluding carboxylic acids is 1. The predicted molar refractivity (Wildman–Crippen MR) is 98.3 cm³/mol. The van der Waals surface area contributed by atoms with Crippen LogP contribution in [-0.4, -0.2) is 57.2 Å². The minimum absolute atomic E-state index is 0.136. The van der Waals surface area contributed by atoms with Crippen LogP contribution >= 0.6 is 0 Å². The first kappa shape index (κ1) is 19.5. The number of rotatable bonds is 7. The zero-order valence-electron chi connectivity index (χ0n) is 15.0. The van der Waals surface area contributed by atoms with Crippen molar-refractivity contribution in [2.45, 2.75) is 31.7 Å². The summed E-state index contributed by atoms with van der Waals surface area (Å²) in [5, 5.41) is 6.01. The van der Waals surface area contributed by atoms with Gasteiger partial charge in [-0.15, -0.1) is 0 Å². The number of nitrogens with one attached hydrogen (secondary N) is 2. The third-order valence-corrected chi connectivity index (χ3v) is 6.62. The summed E-state index contributed by atoms with van der Waals surface area (Å²) in [6.07, 6.45) is 1.40. The van der Waals surface area contributed by atoms with Gasteiger partial charge in [0, 0.05) is 31.9 Å². The van der Waals surface area contributed by atoms with E-state index >= 15 is 0 Å². The van der Waals surface area contributed by atoms with E-state index in [-0.39, 0.29) is 11.7 Å². The first-order valence-corrected chi connectivity index (χ1v) is 10.1. The van der Waals surface area contributed by atoms with Crippen LogP contribution in [-0.2, 0) is 14.8 Å². The van der Waals surface area contributed by atoms with Crippen molar-refractivity contribution in [2.75, 3.05) is 38.3 Å². The summed E-state index contributed by atoms with van der Waals surface area (Å²) < 4.78 is 31.2. The van der Waals surface area contributed by atoms with Gasteiger partial charge in [0.2, 0.25) is 15.9 Å². The molecular weight excluding hydrogens is 342 g/mol. The van der Waals surface area contributed by atoms with E-state index in [0.29, 0.717) is 38.1 Å². The summed E-state index contributed by atoms with van der Waals surface area (Å²) >= 11 is 0. The Bertz CT molecular complexity index is 698. The summed E-state index contributed by atoms with van der Waals surface area (Å²) in [6, 6.07) is 7.37. The topological polar surface area (TPSA) is 87.7 Å². The molecule has 0 unspecified atom stereocenters. The Morgan fingerprint density at radius 2 is 2.00 bits per heavy atom. The molecule has 2 rings (SSSR count). The summed E-state index contributed by atoms with van der Waals surface area (Å²) in [5.74, 6) is 0.700. The number of carbonyl (C=O) groups is 1.